The van der Waals surface area contributed by atoms with Crippen LogP contribution in [-0.2, 0) is 4.74 Å². The van der Waals surface area contributed by atoms with E-state index in [1.54, 1.807) is 6.92 Å². The fourth-order valence-electron chi connectivity index (χ4n) is 2.44. The lowest BCUT2D eigenvalue weighted by molar-refractivity contribution is -0.0677. The zero-order valence-corrected chi connectivity index (χ0v) is 10.8. The highest BCUT2D eigenvalue weighted by Crippen LogP contribution is 2.42. The SMILES string of the molecule is C#CC1(CC)OC(n2ccc(=O)[nH]c2=O)C(O)C1C. The molecule has 2 heterocycles. The molecule has 4 unspecified atom stereocenters. The number of terminal acetylenes is 1. The van der Waals surface area contributed by atoms with Crippen molar-refractivity contribution in [2.24, 2.45) is 5.92 Å². The van der Waals surface area contributed by atoms with Gasteiger partial charge < -0.3 is 9.84 Å². The Morgan fingerprint density at radius 2 is 2.32 bits per heavy atom. The number of H-pyrrole nitrogens is 1. The van der Waals surface area contributed by atoms with Crippen LogP contribution in [0.3, 0.4) is 0 Å². The number of nitrogens with one attached hydrogen (secondary N) is 1. The van der Waals surface area contributed by atoms with E-state index in [4.69, 9.17) is 11.2 Å². The molecule has 2 rings (SSSR count). The van der Waals surface area contributed by atoms with Gasteiger partial charge in [0.25, 0.3) is 5.56 Å². The monoisotopic (exact) mass is 264 g/mol. The van der Waals surface area contributed by atoms with E-state index >= 15 is 0 Å². The molecule has 19 heavy (non-hydrogen) atoms. The molecule has 1 fully saturated rings. The van der Waals surface area contributed by atoms with Gasteiger partial charge in [0.05, 0.1) is 0 Å². The van der Waals surface area contributed by atoms with E-state index in [1.165, 1.54) is 12.3 Å². The number of hydrogen-bond donors (Lipinski definition) is 2. The normalized spacial score (nSPS) is 34.1. The molecule has 4 atom stereocenters. The van der Waals surface area contributed by atoms with E-state index in [-0.39, 0.29) is 5.92 Å². The number of aromatic nitrogens is 2. The van der Waals surface area contributed by atoms with Crippen LogP contribution < -0.4 is 11.2 Å². The summed E-state index contributed by atoms with van der Waals surface area (Å²) in [6.45, 7) is 3.64. The summed E-state index contributed by atoms with van der Waals surface area (Å²) in [6.07, 6.45) is 5.51. The maximum atomic E-state index is 11.7. The maximum absolute atomic E-state index is 11.7. The van der Waals surface area contributed by atoms with Gasteiger partial charge in [-0.1, -0.05) is 19.8 Å². The van der Waals surface area contributed by atoms with Crippen molar-refractivity contribution < 1.29 is 9.84 Å². The Morgan fingerprint density at radius 1 is 1.63 bits per heavy atom. The van der Waals surface area contributed by atoms with Gasteiger partial charge in [-0.25, -0.2) is 4.79 Å². The largest absolute Gasteiger partial charge is 0.388 e. The summed E-state index contributed by atoms with van der Waals surface area (Å²) in [5.41, 5.74) is -2.03. The average molecular weight is 264 g/mol. The van der Waals surface area contributed by atoms with Gasteiger partial charge in [-0.15, -0.1) is 6.42 Å². The van der Waals surface area contributed by atoms with Crippen LogP contribution >= 0.6 is 0 Å². The van der Waals surface area contributed by atoms with Gasteiger partial charge in [0, 0.05) is 18.2 Å². The highest BCUT2D eigenvalue weighted by Gasteiger charge is 2.51. The van der Waals surface area contributed by atoms with Crippen LogP contribution in [0.1, 0.15) is 26.5 Å². The highest BCUT2D eigenvalue weighted by atomic mass is 16.5. The van der Waals surface area contributed by atoms with Gasteiger partial charge in [-0.3, -0.25) is 14.3 Å². The molecule has 0 bridgehead atoms. The number of aromatic amines is 1. The molecule has 6 nitrogen and oxygen atoms in total. The zero-order valence-electron chi connectivity index (χ0n) is 10.8. The molecule has 2 N–H and O–H groups in total. The van der Waals surface area contributed by atoms with Crippen LogP contribution in [0.25, 0.3) is 0 Å². The van der Waals surface area contributed by atoms with Crippen molar-refractivity contribution in [1.29, 1.82) is 0 Å². The third kappa shape index (κ3) is 2.01. The van der Waals surface area contributed by atoms with E-state index in [0.717, 1.165) is 4.57 Å². The molecule has 0 amide bonds. The summed E-state index contributed by atoms with van der Waals surface area (Å²) in [5, 5.41) is 10.2. The zero-order chi connectivity index (χ0) is 14.2. The number of ether oxygens (including phenoxy) is 1. The summed E-state index contributed by atoms with van der Waals surface area (Å²) in [6, 6.07) is 1.20. The molecular formula is C13H16N2O4. The first-order chi connectivity index (χ1) is 8.95. The van der Waals surface area contributed by atoms with Gasteiger partial charge in [0.2, 0.25) is 0 Å². The topological polar surface area (TPSA) is 84.3 Å². The van der Waals surface area contributed by atoms with Gasteiger partial charge in [-0.2, -0.15) is 0 Å². The van der Waals surface area contributed by atoms with Crippen molar-refractivity contribution in [2.45, 2.75) is 38.2 Å². The first-order valence-electron chi connectivity index (χ1n) is 6.10. The predicted molar refractivity (Wildman–Crippen MR) is 68.5 cm³/mol. The number of aliphatic hydroxyl groups is 1. The van der Waals surface area contributed by atoms with Crippen LogP contribution in [0, 0.1) is 18.3 Å². The van der Waals surface area contributed by atoms with E-state index in [1.807, 2.05) is 6.92 Å². The Morgan fingerprint density at radius 3 is 2.79 bits per heavy atom. The minimum Gasteiger partial charge on any atom is -0.388 e. The summed E-state index contributed by atoms with van der Waals surface area (Å²) in [4.78, 5) is 24.9. The van der Waals surface area contributed by atoms with E-state index in [0.29, 0.717) is 6.42 Å². The molecular weight excluding hydrogens is 248 g/mol. The number of hydrogen-bond acceptors (Lipinski definition) is 4. The predicted octanol–water partition coefficient (Wildman–Crippen LogP) is -0.156. The molecule has 0 spiro atoms. The van der Waals surface area contributed by atoms with Gasteiger partial charge in [0.1, 0.15) is 11.7 Å². The fourth-order valence-corrected chi connectivity index (χ4v) is 2.44. The molecule has 102 valence electrons. The molecule has 1 saturated heterocycles. The van der Waals surface area contributed by atoms with E-state index < -0.39 is 29.2 Å². The molecule has 0 aromatic carbocycles. The van der Waals surface area contributed by atoms with Crippen molar-refractivity contribution in [1.82, 2.24) is 9.55 Å². The molecule has 0 radical (unpaired) electrons. The molecule has 1 aliphatic heterocycles. The maximum Gasteiger partial charge on any atom is 0.330 e. The average Bonchev–Trinajstić information content (AvgIpc) is 2.64. The van der Waals surface area contributed by atoms with Gasteiger partial charge in [-0.05, 0) is 6.42 Å². The number of aliphatic hydroxyl groups excluding tert-OH is 1. The van der Waals surface area contributed by atoms with Crippen molar-refractivity contribution in [3.63, 3.8) is 0 Å². The van der Waals surface area contributed by atoms with Crippen molar-refractivity contribution in [3.8, 4) is 12.3 Å². The smallest absolute Gasteiger partial charge is 0.330 e. The lowest BCUT2D eigenvalue weighted by Gasteiger charge is -2.25. The molecule has 1 aromatic heterocycles. The first-order valence-corrected chi connectivity index (χ1v) is 6.10. The first kappa shape index (κ1) is 13.6. The Labute approximate surface area is 110 Å². The third-order valence-electron chi connectivity index (χ3n) is 3.77. The van der Waals surface area contributed by atoms with Crippen molar-refractivity contribution >= 4 is 0 Å². The molecule has 0 aliphatic carbocycles. The van der Waals surface area contributed by atoms with Crippen LogP contribution in [0.2, 0.25) is 0 Å². The summed E-state index contributed by atoms with van der Waals surface area (Å²) in [7, 11) is 0. The van der Waals surface area contributed by atoms with Crippen LogP contribution in [0.5, 0.6) is 0 Å². The number of nitrogens with zero attached hydrogens (tertiary/aromatic N) is 1. The highest BCUT2D eigenvalue weighted by molar-refractivity contribution is 5.16. The van der Waals surface area contributed by atoms with E-state index in [9.17, 15) is 14.7 Å². The Hall–Kier alpha value is -1.84. The molecule has 6 heteroatoms. The fraction of sp³-hybridized carbons (Fsp3) is 0.538. The molecule has 1 aromatic rings. The van der Waals surface area contributed by atoms with Gasteiger partial charge >= 0.3 is 5.69 Å². The summed E-state index contributed by atoms with van der Waals surface area (Å²) in [5.74, 6) is 2.25. The van der Waals surface area contributed by atoms with Crippen LogP contribution in [-0.4, -0.2) is 26.4 Å². The van der Waals surface area contributed by atoms with Crippen LogP contribution in [0.4, 0.5) is 0 Å². The Bertz CT molecular complexity index is 627. The van der Waals surface area contributed by atoms with E-state index in [2.05, 4.69) is 10.9 Å². The lowest BCUT2D eigenvalue weighted by atomic mass is 9.85. The summed E-state index contributed by atoms with van der Waals surface area (Å²) >= 11 is 0. The van der Waals surface area contributed by atoms with Crippen molar-refractivity contribution in [3.05, 3.63) is 33.1 Å². The lowest BCUT2D eigenvalue weighted by Crippen LogP contribution is -2.35. The second-order valence-electron chi connectivity index (χ2n) is 4.69. The van der Waals surface area contributed by atoms with Crippen molar-refractivity contribution in [2.75, 3.05) is 0 Å². The van der Waals surface area contributed by atoms with Crippen LogP contribution in [0.15, 0.2) is 21.9 Å². The second-order valence-corrected chi connectivity index (χ2v) is 4.69. The minimum atomic E-state index is -0.917. The quantitative estimate of drug-likeness (QED) is 0.727. The molecule has 0 saturated carbocycles. The second kappa shape index (κ2) is 4.68. The Balaban J connectivity index is 2.46. The summed E-state index contributed by atoms with van der Waals surface area (Å²) < 4.78 is 6.88. The molecule has 1 aliphatic rings. The third-order valence-corrected chi connectivity index (χ3v) is 3.77. The minimum absolute atomic E-state index is 0.314. The standard InChI is InChI=1S/C13H16N2O4/c1-4-13(5-2)8(3)10(17)11(19-13)15-7-6-9(16)14-12(15)18/h1,6-8,10-11,17H,5H2,2-3H3,(H,14,16,18). The van der Waals surface area contributed by atoms with Gasteiger partial charge in [0.15, 0.2) is 6.23 Å². The Kier molecular flexibility index (Phi) is 3.35. The number of rotatable bonds is 2.